The van der Waals surface area contributed by atoms with Gasteiger partial charge in [0.05, 0.1) is 7.11 Å². The van der Waals surface area contributed by atoms with Crippen LogP contribution < -0.4 is 10.1 Å². The number of methoxy groups -OCH3 is 1. The van der Waals surface area contributed by atoms with Crippen molar-refractivity contribution in [3.05, 3.63) is 29.8 Å². The maximum atomic E-state index is 11.2. The number of ether oxygens (including phenoxy) is 1. The molecule has 0 spiro atoms. The molecule has 0 saturated heterocycles. The minimum absolute atomic E-state index is 0.138. The number of para-hydroxylation sites is 1. The van der Waals surface area contributed by atoms with Crippen molar-refractivity contribution in [2.24, 2.45) is 5.92 Å². The van der Waals surface area contributed by atoms with E-state index in [-0.39, 0.29) is 5.92 Å². The molecule has 2 N–H and O–H groups in total. The second-order valence-electron chi connectivity index (χ2n) is 5.07. The highest BCUT2D eigenvalue weighted by molar-refractivity contribution is 5.73. The molecule has 0 fully saturated rings. The lowest BCUT2D eigenvalue weighted by Gasteiger charge is -2.20. The molecule has 0 unspecified atom stereocenters. The Morgan fingerprint density at radius 2 is 2.10 bits per heavy atom. The lowest BCUT2D eigenvalue weighted by atomic mass is 9.99. The van der Waals surface area contributed by atoms with Gasteiger partial charge < -0.3 is 15.2 Å². The molecule has 4 nitrogen and oxygen atoms in total. The van der Waals surface area contributed by atoms with Gasteiger partial charge in [0, 0.05) is 0 Å². The molecule has 112 valence electrons. The molecule has 0 aromatic heterocycles. The first-order valence-corrected chi connectivity index (χ1v) is 7.18. The highest BCUT2D eigenvalue weighted by Crippen LogP contribution is 2.18. The molecule has 4 heteroatoms. The Labute approximate surface area is 121 Å². The Hall–Kier alpha value is -1.55. The van der Waals surface area contributed by atoms with E-state index in [2.05, 4.69) is 5.32 Å². The molecular formula is C16H25NO3. The lowest BCUT2D eigenvalue weighted by molar-refractivity contribution is -0.140. The van der Waals surface area contributed by atoms with Gasteiger partial charge in [0.2, 0.25) is 0 Å². The van der Waals surface area contributed by atoms with E-state index in [1.165, 1.54) is 0 Å². The van der Waals surface area contributed by atoms with E-state index in [1.54, 1.807) is 7.11 Å². The zero-order valence-electron chi connectivity index (χ0n) is 12.6. The summed E-state index contributed by atoms with van der Waals surface area (Å²) in [5.74, 6) is 0.264. The largest absolute Gasteiger partial charge is 0.496 e. The van der Waals surface area contributed by atoms with Crippen LogP contribution in [0.15, 0.2) is 24.3 Å². The van der Waals surface area contributed by atoms with E-state index >= 15 is 0 Å². The number of carboxylic acid groups (broad SMARTS) is 1. The van der Waals surface area contributed by atoms with Crippen LogP contribution in [0.2, 0.25) is 0 Å². The highest BCUT2D eigenvalue weighted by Gasteiger charge is 2.22. The quantitative estimate of drug-likeness (QED) is 0.682. The summed E-state index contributed by atoms with van der Waals surface area (Å²) < 4.78 is 5.30. The van der Waals surface area contributed by atoms with Gasteiger partial charge in [0.15, 0.2) is 0 Å². The molecule has 1 rings (SSSR count). The van der Waals surface area contributed by atoms with Gasteiger partial charge in [0.25, 0.3) is 0 Å². The van der Waals surface area contributed by atoms with E-state index in [0.717, 1.165) is 30.6 Å². The van der Waals surface area contributed by atoms with Crippen LogP contribution in [-0.2, 0) is 11.2 Å². The van der Waals surface area contributed by atoms with Gasteiger partial charge in [0.1, 0.15) is 11.8 Å². The molecule has 1 aromatic carbocycles. The number of rotatable bonds is 9. The second kappa shape index (κ2) is 8.59. The summed E-state index contributed by atoms with van der Waals surface area (Å²) in [6.45, 7) is 4.67. The van der Waals surface area contributed by atoms with Gasteiger partial charge in [-0.05, 0) is 36.9 Å². The van der Waals surface area contributed by atoms with E-state index in [9.17, 15) is 9.90 Å². The van der Waals surface area contributed by atoms with Crippen molar-refractivity contribution in [2.45, 2.75) is 39.2 Å². The van der Waals surface area contributed by atoms with E-state index in [4.69, 9.17) is 4.74 Å². The summed E-state index contributed by atoms with van der Waals surface area (Å²) in [6.07, 6.45) is 2.63. The molecule has 0 saturated carbocycles. The molecule has 0 bridgehead atoms. The van der Waals surface area contributed by atoms with Gasteiger partial charge in [-0.1, -0.05) is 38.5 Å². The number of aryl methyl sites for hydroxylation is 1. The maximum absolute atomic E-state index is 11.2. The molecule has 0 aliphatic rings. The standard InChI is InChI=1S/C16H25NO3/c1-4-12(2)15(16(18)19)17-11-7-9-13-8-5-6-10-14(13)20-3/h5-6,8,10,12,15,17H,4,7,9,11H2,1-3H3,(H,18,19)/t12-,15-/m0/s1. The van der Waals surface area contributed by atoms with Crippen LogP contribution in [0.1, 0.15) is 32.3 Å². The van der Waals surface area contributed by atoms with Crippen LogP contribution >= 0.6 is 0 Å². The monoisotopic (exact) mass is 279 g/mol. The van der Waals surface area contributed by atoms with Gasteiger partial charge >= 0.3 is 5.97 Å². The molecule has 0 radical (unpaired) electrons. The molecule has 0 aliphatic carbocycles. The van der Waals surface area contributed by atoms with Gasteiger partial charge in [-0.15, -0.1) is 0 Å². The van der Waals surface area contributed by atoms with Crippen molar-refractivity contribution in [1.29, 1.82) is 0 Å². The van der Waals surface area contributed by atoms with Crippen molar-refractivity contribution in [2.75, 3.05) is 13.7 Å². The Kier molecular flexibility index (Phi) is 7.09. The summed E-state index contributed by atoms with van der Waals surface area (Å²) in [5.41, 5.74) is 1.16. The summed E-state index contributed by atoms with van der Waals surface area (Å²) in [5, 5.41) is 12.3. The van der Waals surface area contributed by atoms with Crippen LogP contribution in [0.3, 0.4) is 0 Å². The maximum Gasteiger partial charge on any atom is 0.320 e. The number of hydrogen-bond acceptors (Lipinski definition) is 3. The third-order valence-corrected chi connectivity index (χ3v) is 3.66. The van der Waals surface area contributed by atoms with Crippen molar-refractivity contribution < 1.29 is 14.6 Å². The molecular weight excluding hydrogens is 254 g/mol. The van der Waals surface area contributed by atoms with Crippen LogP contribution in [-0.4, -0.2) is 30.8 Å². The smallest absolute Gasteiger partial charge is 0.320 e. The summed E-state index contributed by atoms with van der Waals surface area (Å²) >= 11 is 0. The Morgan fingerprint density at radius 1 is 1.40 bits per heavy atom. The number of aliphatic carboxylic acids is 1. The van der Waals surface area contributed by atoms with Crippen LogP contribution in [0.25, 0.3) is 0 Å². The van der Waals surface area contributed by atoms with Gasteiger partial charge in [-0.3, -0.25) is 4.79 Å². The van der Waals surface area contributed by atoms with Gasteiger partial charge in [-0.25, -0.2) is 0 Å². The number of carboxylic acids is 1. The average molecular weight is 279 g/mol. The van der Waals surface area contributed by atoms with E-state index in [1.807, 2.05) is 38.1 Å². The van der Waals surface area contributed by atoms with E-state index in [0.29, 0.717) is 6.54 Å². The summed E-state index contributed by atoms with van der Waals surface area (Å²) in [7, 11) is 1.67. The molecule has 1 aromatic rings. The second-order valence-corrected chi connectivity index (χ2v) is 5.07. The normalized spacial score (nSPS) is 13.8. The molecule has 0 aliphatic heterocycles. The predicted molar refractivity (Wildman–Crippen MR) is 80.2 cm³/mol. The first-order chi connectivity index (χ1) is 9.60. The number of benzene rings is 1. The molecule has 20 heavy (non-hydrogen) atoms. The van der Waals surface area contributed by atoms with Crippen molar-refractivity contribution >= 4 is 5.97 Å². The molecule has 0 heterocycles. The first kappa shape index (κ1) is 16.5. The fourth-order valence-electron chi connectivity index (χ4n) is 2.21. The number of nitrogens with one attached hydrogen (secondary N) is 1. The SMILES string of the molecule is CC[C@H](C)[C@H](NCCCc1ccccc1OC)C(=O)O. The average Bonchev–Trinajstić information content (AvgIpc) is 2.46. The number of carbonyl (C=O) groups is 1. The van der Waals surface area contributed by atoms with Crippen molar-refractivity contribution in [3.8, 4) is 5.75 Å². The van der Waals surface area contributed by atoms with Crippen molar-refractivity contribution in [1.82, 2.24) is 5.32 Å². The third kappa shape index (κ3) is 4.85. The zero-order valence-corrected chi connectivity index (χ0v) is 12.6. The fraction of sp³-hybridized carbons (Fsp3) is 0.562. The lowest BCUT2D eigenvalue weighted by Crippen LogP contribution is -2.42. The van der Waals surface area contributed by atoms with Crippen LogP contribution in [0, 0.1) is 5.92 Å². The topological polar surface area (TPSA) is 58.6 Å². The molecule has 0 amide bonds. The summed E-state index contributed by atoms with van der Waals surface area (Å²) in [6, 6.07) is 7.47. The fourth-order valence-corrected chi connectivity index (χ4v) is 2.21. The predicted octanol–water partition coefficient (Wildman–Crippen LogP) is 2.72. The first-order valence-electron chi connectivity index (χ1n) is 7.18. The van der Waals surface area contributed by atoms with Crippen molar-refractivity contribution in [3.63, 3.8) is 0 Å². The van der Waals surface area contributed by atoms with Gasteiger partial charge in [-0.2, -0.15) is 0 Å². The Bertz CT molecular complexity index is 420. The zero-order chi connectivity index (χ0) is 15.0. The summed E-state index contributed by atoms with van der Waals surface area (Å²) in [4.78, 5) is 11.2. The Morgan fingerprint density at radius 3 is 2.70 bits per heavy atom. The van der Waals surface area contributed by atoms with Crippen LogP contribution in [0.5, 0.6) is 5.75 Å². The third-order valence-electron chi connectivity index (χ3n) is 3.66. The minimum atomic E-state index is -0.767. The Balaban J connectivity index is 2.42. The minimum Gasteiger partial charge on any atom is -0.496 e. The molecule has 2 atom stereocenters. The number of hydrogen-bond donors (Lipinski definition) is 2. The van der Waals surface area contributed by atoms with E-state index < -0.39 is 12.0 Å². The van der Waals surface area contributed by atoms with Crippen LogP contribution in [0.4, 0.5) is 0 Å². The highest BCUT2D eigenvalue weighted by atomic mass is 16.5.